The van der Waals surface area contributed by atoms with Crippen LogP contribution >= 0.6 is 0 Å². The number of esters is 1. The quantitative estimate of drug-likeness (QED) is 0.634. The van der Waals surface area contributed by atoms with Crippen molar-refractivity contribution in [3.63, 3.8) is 0 Å². The van der Waals surface area contributed by atoms with Crippen LogP contribution in [0.15, 0.2) is 18.2 Å². The summed E-state index contributed by atoms with van der Waals surface area (Å²) in [7, 11) is 0. The third kappa shape index (κ3) is 3.58. The second-order valence-electron chi connectivity index (χ2n) is 7.03. The van der Waals surface area contributed by atoms with Crippen molar-refractivity contribution >= 4 is 11.8 Å². The summed E-state index contributed by atoms with van der Waals surface area (Å²) in [6, 6.07) is 5.76. The fraction of sp³-hybridized carbons (Fsp3) is 0.429. The molecule has 0 fully saturated rings. The Hall–Kier alpha value is -2.40. The Kier molecular flexibility index (Phi) is 5.28. The molecule has 3 rings (SSSR count). The molecule has 2 N–H and O–H groups in total. The molecule has 0 unspecified atom stereocenters. The number of hydrogen-bond donors (Lipinski definition) is 2. The molecule has 1 aliphatic rings. The molecule has 0 aliphatic heterocycles. The minimum Gasteiger partial charge on any atom is -0.453 e. The molecule has 0 amide bonds. The van der Waals surface area contributed by atoms with E-state index in [-0.39, 0.29) is 18.1 Å². The van der Waals surface area contributed by atoms with Crippen LogP contribution in [0.1, 0.15) is 74.7 Å². The van der Waals surface area contributed by atoms with Gasteiger partial charge in [-0.15, -0.1) is 0 Å². The van der Waals surface area contributed by atoms with Crippen molar-refractivity contribution < 1.29 is 19.4 Å². The molecule has 26 heavy (non-hydrogen) atoms. The number of Topliss-reactive ketones (excluding diaryl/α,β-unsaturated/α-hetero) is 1. The lowest BCUT2D eigenvalue weighted by Gasteiger charge is -2.16. The highest BCUT2D eigenvalue weighted by Gasteiger charge is 2.22. The van der Waals surface area contributed by atoms with Gasteiger partial charge in [-0.3, -0.25) is 4.79 Å². The van der Waals surface area contributed by atoms with Crippen LogP contribution < -0.4 is 0 Å². The van der Waals surface area contributed by atoms with Gasteiger partial charge in [-0.2, -0.15) is 0 Å². The summed E-state index contributed by atoms with van der Waals surface area (Å²) in [5.74, 6) is -0.785. The Morgan fingerprint density at radius 2 is 1.88 bits per heavy atom. The molecule has 5 nitrogen and oxygen atoms in total. The number of rotatable bonds is 5. The van der Waals surface area contributed by atoms with Crippen LogP contribution in [0, 0.1) is 13.8 Å². The van der Waals surface area contributed by atoms with Gasteiger partial charge in [-0.1, -0.05) is 12.1 Å². The number of H-pyrrole nitrogens is 1. The number of aromatic nitrogens is 1. The molecule has 0 bridgehead atoms. The first-order valence-electron chi connectivity index (χ1n) is 9.07. The zero-order valence-corrected chi connectivity index (χ0v) is 15.5. The number of nitrogens with one attached hydrogen (secondary N) is 1. The predicted molar refractivity (Wildman–Crippen MR) is 98.6 cm³/mol. The number of carbonyl (C=O) groups is 2. The van der Waals surface area contributed by atoms with E-state index in [9.17, 15) is 14.7 Å². The van der Waals surface area contributed by atoms with Gasteiger partial charge in [0.25, 0.3) is 0 Å². The van der Waals surface area contributed by atoms with Crippen molar-refractivity contribution in [2.24, 2.45) is 0 Å². The molecule has 0 saturated heterocycles. The van der Waals surface area contributed by atoms with Gasteiger partial charge in [0, 0.05) is 16.8 Å². The molecule has 0 radical (unpaired) electrons. The van der Waals surface area contributed by atoms with Gasteiger partial charge < -0.3 is 14.8 Å². The molecular weight excluding hydrogens is 330 g/mol. The number of aromatic amines is 1. The van der Waals surface area contributed by atoms with E-state index in [4.69, 9.17) is 4.74 Å². The Balaban J connectivity index is 1.68. The predicted octanol–water partition coefficient (Wildman–Crippen LogP) is 3.60. The van der Waals surface area contributed by atoms with Crippen LogP contribution in [0.3, 0.4) is 0 Å². The first kappa shape index (κ1) is 18.4. The van der Waals surface area contributed by atoms with Crippen molar-refractivity contribution in [2.75, 3.05) is 6.61 Å². The molecule has 5 heteroatoms. The summed E-state index contributed by atoms with van der Waals surface area (Å²) < 4.78 is 5.22. The smallest absolute Gasteiger partial charge is 0.355 e. The van der Waals surface area contributed by atoms with Gasteiger partial charge in [0.1, 0.15) is 5.69 Å². The average molecular weight is 355 g/mol. The number of hydrogen-bond acceptors (Lipinski definition) is 4. The van der Waals surface area contributed by atoms with Gasteiger partial charge in [-0.05, 0) is 69.2 Å². The van der Waals surface area contributed by atoms with Gasteiger partial charge >= 0.3 is 5.97 Å². The first-order chi connectivity index (χ1) is 12.4. The molecule has 0 spiro atoms. The van der Waals surface area contributed by atoms with Gasteiger partial charge in [0.2, 0.25) is 0 Å². The van der Waals surface area contributed by atoms with Gasteiger partial charge in [0.05, 0.1) is 6.10 Å². The monoisotopic (exact) mass is 355 g/mol. The van der Waals surface area contributed by atoms with Gasteiger partial charge in [-0.25, -0.2) is 4.79 Å². The van der Waals surface area contributed by atoms with E-state index in [0.717, 1.165) is 25.0 Å². The Labute approximate surface area is 153 Å². The summed E-state index contributed by atoms with van der Waals surface area (Å²) in [5.41, 5.74) is 5.49. The zero-order valence-electron chi connectivity index (χ0n) is 15.5. The lowest BCUT2D eigenvalue weighted by Crippen LogP contribution is -2.16. The molecule has 1 aliphatic carbocycles. The number of fused-ring (bicyclic) bond motifs is 1. The fourth-order valence-corrected chi connectivity index (χ4v) is 3.79. The summed E-state index contributed by atoms with van der Waals surface area (Å²) in [6.45, 7) is 4.91. The third-order valence-electron chi connectivity index (χ3n) is 5.12. The van der Waals surface area contributed by atoms with Crippen molar-refractivity contribution in [3.8, 4) is 0 Å². The molecule has 0 saturated carbocycles. The van der Waals surface area contributed by atoms with E-state index in [0.29, 0.717) is 16.7 Å². The van der Waals surface area contributed by atoms with Gasteiger partial charge in [0.15, 0.2) is 12.4 Å². The minimum atomic E-state index is -0.676. The maximum absolute atomic E-state index is 12.4. The van der Waals surface area contributed by atoms with E-state index in [1.54, 1.807) is 20.8 Å². The minimum absolute atomic E-state index is 0.205. The normalized spacial score (nSPS) is 14.6. The first-order valence-corrected chi connectivity index (χ1v) is 9.07. The average Bonchev–Trinajstić information content (AvgIpc) is 2.93. The Morgan fingerprint density at radius 1 is 1.19 bits per heavy atom. The number of carbonyl (C=O) groups excluding carboxylic acids is 2. The standard InChI is InChI=1S/C21H25NO4/c1-12-19(14(3)23)13(2)22-20(12)21(25)26-11-18(24)17-9-8-15-6-4-5-7-16(15)10-17/h8-10,14,22-23H,4-7,11H2,1-3H3/t14-/m1/s1. The molecule has 138 valence electrons. The van der Waals surface area contributed by atoms with Crippen molar-refractivity contribution in [1.82, 2.24) is 4.98 Å². The lowest BCUT2D eigenvalue weighted by atomic mass is 9.90. The SMILES string of the molecule is Cc1[nH]c(C(=O)OCC(=O)c2ccc3c(c2)CCCC3)c(C)c1[C@@H](C)O. The maximum atomic E-state index is 12.4. The maximum Gasteiger partial charge on any atom is 0.355 e. The molecule has 1 aromatic carbocycles. The highest BCUT2D eigenvalue weighted by Crippen LogP contribution is 2.25. The number of ketones is 1. The Morgan fingerprint density at radius 3 is 2.54 bits per heavy atom. The molecule has 2 aromatic rings. The van der Waals surface area contributed by atoms with E-state index >= 15 is 0 Å². The third-order valence-corrected chi connectivity index (χ3v) is 5.12. The van der Waals surface area contributed by atoms with Crippen molar-refractivity contribution in [1.29, 1.82) is 0 Å². The van der Waals surface area contributed by atoms with Crippen LogP contribution in [0.25, 0.3) is 0 Å². The summed E-state index contributed by atoms with van der Waals surface area (Å²) in [6.07, 6.45) is 3.73. The van der Waals surface area contributed by atoms with E-state index in [1.807, 2.05) is 18.2 Å². The van der Waals surface area contributed by atoms with Crippen LogP contribution in [-0.2, 0) is 17.6 Å². The molecule has 1 atom stereocenters. The number of aliphatic hydroxyl groups excluding tert-OH is 1. The summed E-state index contributed by atoms with van der Waals surface area (Å²) in [4.78, 5) is 27.7. The van der Waals surface area contributed by atoms with Crippen LogP contribution in [0.2, 0.25) is 0 Å². The molecular formula is C21H25NO4. The van der Waals surface area contributed by atoms with Crippen LogP contribution in [0.5, 0.6) is 0 Å². The highest BCUT2D eigenvalue weighted by molar-refractivity contribution is 5.99. The molecule has 1 heterocycles. The number of aliphatic hydroxyl groups is 1. The van der Waals surface area contributed by atoms with Crippen molar-refractivity contribution in [3.05, 3.63) is 57.4 Å². The van der Waals surface area contributed by atoms with E-state index in [2.05, 4.69) is 4.98 Å². The van der Waals surface area contributed by atoms with Crippen LogP contribution in [0.4, 0.5) is 0 Å². The van der Waals surface area contributed by atoms with Crippen molar-refractivity contribution in [2.45, 2.75) is 52.6 Å². The highest BCUT2D eigenvalue weighted by atomic mass is 16.5. The Bertz CT molecular complexity index is 848. The zero-order chi connectivity index (χ0) is 18.8. The number of benzene rings is 1. The topological polar surface area (TPSA) is 79.4 Å². The fourth-order valence-electron chi connectivity index (χ4n) is 3.79. The lowest BCUT2D eigenvalue weighted by molar-refractivity contribution is 0.0468. The number of aryl methyl sites for hydroxylation is 3. The van der Waals surface area contributed by atoms with Crippen LogP contribution in [-0.4, -0.2) is 28.4 Å². The molecule has 1 aromatic heterocycles. The largest absolute Gasteiger partial charge is 0.453 e. The second kappa shape index (κ2) is 7.46. The summed E-state index contributed by atoms with van der Waals surface area (Å²) in [5, 5.41) is 9.82. The summed E-state index contributed by atoms with van der Waals surface area (Å²) >= 11 is 0. The second-order valence-corrected chi connectivity index (χ2v) is 7.03. The van der Waals surface area contributed by atoms with E-state index < -0.39 is 12.1 Å². The number of ether oxygens (including phenoxy) is 1. The van der Waals surface area contributed by atoms with E-state index in [1.165, 1.54) is 17.5 Å².